The topological polar surface area (TPSA) is 63.6 Å². The van der Waals surface area contributed by atoms with E-state index in [1.807, 2.05) is 0 Å². The third kappa shape index (κ3) is 1.20. The first-order valence-corrected chi connectivity index (χ1v) is 3.75. The molecular formula is C8H10O4. The highest BCUT2D eigenvalue weighted by molar-refractivity contribution is 6.18. The fourth-order valence-corrected chi connectivity index (χ4v) is 1.02. The van der Waals surface area contributed by atoms with Crippen LogP contribution in [-0.4, -0.2) is 23.0 Å². The van der Waals surface area contributed by atoms with Crippen LogP contribution in [0.4, 0.5) is 0 Å². The van der Waals surface area contributed by atoms with Crippen LogP contribution in [0.2, 0.25) is 0 Å². The van der Waals surface area contributed by atoms with Crippen LogP contribution in [0.1, 0.15) is 20.3 Å². The molecule has 0 aliphatic carbocycles. The summed E-state index contributed by atoms with van der Waals surface area (Å²) in [7, 11) is 0. The van der Waals surface area contributed by atoms with Crippen LogP contribution in [0.5, 0.6) is 0 Å². The van der Waals surface area contributed by atoms with Crippen LogP contribution in [0, 0.1) is 0 Å². The summed E-state index contributed by atoms with van der Waals surface area (Å²) in [6.45, 7) is 3.14. The number of hydrogen-bond donors (Lipinski definition) is 1. The number of Topliss-reactive ketones (excluding diaryl/α,β-unsaturated/α-hetero) is 1. The van der Waals surface area contributed by atoms with E-state index in [1.165, 1.54) is 6.92 Å². The highest BCUT2D eigenvalue weighted by Crippen LogP contribution is 2.21. The third-order valence-electron chi connectivity index (χ3n) is 1.73. The van der Waals surface area contributed by atoms with Crippen molar-refractivity contribution in [1.29, 1.82) is 0 Å². The summed E-state index contributed by atoms with van der Waals surface area (Å²) in [5.74, 6) is -1.33. The molecule has 1 N–H and O–H groups in total. The van der Waals surface area contributed by atoms with Crippen molar-refractivity contribution in [1.82, 2.24) is 0 Å². The van der Waals surface area contributed by atoms with Gasteiger partial charge in [0.05, 0.1) is 0 Å². The Bertz CT molecular complexity index is 264. The predicted octanol–water partition coefficient (Wildman–Crippen LogP) is 0.723. The van der Waals surface area contributed by atoms with Crippen LogP contribution in [0.25, 0.3) is 0 Å². The lowest BCUT2D eigenvalue weighted by Crippen LogP contribution is -2.09. The molecule has 0 aromatic carbocycles. The number of carbonyl (C=O) groups excluding carboxylic acids is 2. The van der Waals surface area contributed by atoms with Gasteiger partial charge < -0.3 is 9.84 Å². The molecular weight excluding hydrogens is 160 g/mol. The van der Waals surface area contributed by atoms with Gasteiger partial charge in [-0.25, -0.2) is 4.79 Å². The number of esters is 1. The lowest BCUT2D eigenvalue weighted by atomic mass is 10.1. The van der Waals surface area contributed by atoms with Gasteiger partial charge in [0.25, 0.3) is 0 Å². The van der Waals surface area contributed by atoms with Crippen molar-refractivity contribution >= 4 is 11.8 Å². The Morgan fingerprint density at radius 3 is 2.58 bits per heavy atom. The molecule has 12 heavy (non-hydrogen) atoms. The van der Waals surface area contributed by atoms with Gasteiger partial charge in [-0.1, -0.05) is 6.92 Å². The van der Waals surface area contributed by atoms with Gasteiger partial charge in [-0.15, -0.1) is 0 Å². The molecule has 1 heterocycles. The lowest BCUT2D eigenvalue weighted by Gasteiger charge is -1.99. The molecule has 66 valence electrons. The summed E-state index contributed by atoms with van der Waals surface area (Å²) in [6, 6.07) is 0. The summed E-state index contributed by atoms with van der Waals surface area (Å²) < 4.78 is 4.63. The Morgan fingerprint density at radius 1 is 1.67 bits per heavy atom. The monoisotopic (exact) mass is 170 g/mol. The van der Waals surface area contributed by atoms with E-state index in [1.54, 1.807) is 6.92 Å². The van der Waals surface area contributed by atoms with E-state index >= 15 is 0 Å². The Balaban J connectivity index is 3.00. The molecule has 1 rings (SSSR count). The van der Waals surface area contributed by atoms with Gasteiger partial charge in [-0.3, -0.25) is 4.79 Å². The van der Waals surface area contributed by atoms with Crippen molar-refractivity contribution in [3.63, 3.8) is 0 Å². The molecule has 0 saturated carbocycles. The number of hydrogen-bond acceptors (Lipinski definition) is 4. The van der Waals surface area contributed by atoms with Crippen molar-refractivity contribution in [2.75, 3.05) is 0 Å². The molecule has 0 aromatic heterocycles. The van der Waals surface area contributed by atoms with E-state index in [0.29, 0.717) is 0 Å². The maximum Gasteiger partial charge on any atom is 0.346 e. The van der Waals surface area contributed by atoms with Gasteiger partial charge in [0, 0.05) is 6.42 Å². The second kappa shape index (κ2) is 2.97. The second-order valence-corrected chi connectivity index (χ2v) is 2.58. The number of rotatable bonds is 2. The van der Waals surface area contributed by atoms with E-state index in [2.05, 4.69) is 4.74 Å². The van der Waals surface area contributed by atoms with Gasteiger partial charge >= 0.3 is 5.97 Å². The zero-order chi connectivity index (χ0) is 9.30. The quantitative estimate of drug-likeness (QED) is 0.490. The van der Waals surface area contributed by atoms with Gasteiger partial charge in [-0.05, 0) is 6.92 Å². The van der Waals surface area contributed by atoms with Crippen molar-refractivity contribution in [2.45, 2.75) is 26.4 Å². The second-order valence-electron chi connectivity index (χ2n) is 2.58. The number of cyclic esters (lactones) is 1. The Morgan fingerprint density at radius 2 is 2.25 bits per heavy atom. The van der Waals surface area contributed by atoms with Gasteiger partial charge in [0.15, 0.2) is 17.6 Å². The van der Waals surface area contributed by atoms with Crippen molar-refractivity contribution < 1.29 is 19.4 Å². The highest BCUT2D eigenvalue weighted by Gasteiger charge is 2.34. The minimum Gasteiger partial charge on any atom is -0.507 e. The maximum atomic E-state index is 11.1. The van der Waals surface area contributed by atoms with E-state index < -0.39 is 12.1 Å². The SMILES string of the molecule is CCC(=O)C1=C(O)[C@H](C)OC1=O. The number of ketones is 1. The maximum absolute atomic E-state index is 11.1. The van der Waals surface area contributed by atoms with Crippen molar-refractivity contribution in [2.24, 2.45) is 0 Å². The molecule has 4 nitrogen and oxygen atoms in total. The molecule has 0 radical (unpaired) electrons. The molecule has 1 aliphatic rings. The minimum absolute atomic E-state index is 0.190. The molecule has 1 atom stereocenters. The average Bonchev–Trinajstić information content (AvgIpc) is 2.26. The first-order valence-electron chi connectivity index (χ1n) is 3.75. The van der Waals surface area contributed by atoms with Gasteiger partial charge in [0.1, 0.15) is 5.57 Å². The molecule has 0 aromatic rings. The summed E-state index contributed by atoms with van der Waals surface area (Å²) >= 11 is 0. The van der Waals surface area contributed by atoms with Crippen LogP contribution >= 0.6 is 0 Å². The summed E-state index contributed by atoms with van der Waals surface area (Å²) in [6.07, 6.45) is -0.482. The zero-order valence-electron chi connectivity index (χ0n) is 6.96. The Labute approximate surface area is 69.8 Å². The fourth-order valence-electron chi connectivity index (χ4n) is 1.02. The van der Waals surface area contributed by atoms with Crippen molar-refractivity contribution in [3.8, 4) is 0 Å². The largest absolute Gasteiger partial charge is 0.507 e. The van der Waals surface area contributed by atoms with Crippen LogP contribution in [-0.2, 0) is 14.3 Å². The molecule has 0 fully saturated rings. The fraction of sp³-hybridized carbons (Fsp3) is 0.500. The Hall–Kier alpha value is -1.32. The Kier molecular flexibility index (Phi) is 2.17. The molecule has 0 saturated heterocycles. The smallest absolute Gasteiger partial charge is 0.346 e. The van der Waals surface area contributed by atoms with E-state index in [-0.39, 0.29) is 23.5 Å². The molecule has 4 heteroatoms. The first-order chi connectivity index (χ1) is 5.57. The summed E-state index contributed by atoms with van der Waals surface area (Å²) in [4.78, 5) is 22.0. The van der Waals surface area contributed by atoms with E-state index in [0.717, 1.165) is 0 Å². The highest BCUT2D eigenvalue weighted by atomic mass is 16.6. The standard InChI is InChI=1S/C8H10O4/c1-3-5(9)6-7(10)4(2)12-8(6)11/h4,10H,3H2,1-2H3/t4-/m0/s1. The number of carbonyl (C=O) groups is 2. The average molecular weight is 170 g/mol. The lowest BCUT2D eigenvalue weighted by molar-refractivity contribution is -0.140. The van der Waals surface area contributed by atoms with Gasteiger partial charge in [-0.2, -0.15) is 0 Å². The first kappa shape index (κ1) is 8.77. The van der Waals surface area contributed by atoms with E-state index in [4.69, 9.17) is 0 Å². The van der Waals surface area contributed by atoms with Crippen LogP contribution in [0.15, 0.2) is 11.3 Å². The summed E-state index contributed by atoms with van der Waals surface area (Å²) in [5.41, 5.74) is -0.190. The molecule has 0 bridgehead atoms. The predicted molar refractivity (Wildman–Crippen MR) is 40.5 cm³/mol. The van der Waals surface area contributed by atoms with Gasteiger partial charge in [0.2, 0.25) is 0 Å². The molecule has 0 spiro atoms. The van der Waals surface area contributed by atoms with Crippen LogP contribution < -0.4 is 0 Å². The molecule has 0 amide bonds. The zero-order valence-corrected chi connectivity index (χ0v) is 6.96. The minimum atomic E-state index is -0.716. The van der Waals surface area contributed by atoms with Crippen LogP contribution in [0.3, 0.4) is 0 Å². The molecule has 0 unspecified atom stereocenters. The molecule has 1 aliphatic heterocycles. The third-order valence-corrected chi connectivity index (χ3v) is 1.73. The normalized spacial score (nSPS) is 22.8. The number of aliphatic hydroxyl groups excluding tert-OH is 1. The number of ether oxygens (including phenoxy) is 1. The number of aliphatic hydroxyl groups is 1. The van der Waals surface area contributed by atoms with E-state index in [9.17, 15) is 14.7 Å². The van der Waals surface area contributed by atoms with Crippen molar-refractivity contribution in [3.05, 3.63) is 11.3 Å². The summed E-state index contributed by atoms with van der Waals surface area (Å²) in [5, 5.41) is 9.24.